The van der Waals surface area contributed by atoms with Gasteiger partial charge in [0, 0.05) is 41.6 Å². The maximum Gasteiger partial charge on any atom is 0.151 e. The first-order valence-corrected chi connectivity index (χ1v) is 10.8. The smallest absolute Gasteiger partial charge is 0.151 e. The molecule has 0 radical (unpaired) electrons. The quantitative estimate of drug-likeness (QED) is 0.254. The molecule has 0 saturated carbocycles. The molecule has 4 aromatic rings. The standard InChI is InChI=1S/C23H26BClN6/c1-30(15-16-7-2-5-10-20(16)26)12-6-11-27-22-13-21(17-8-3-4-9-19(17)25)29-23-18(24)14-28-31(22)23/h2-5,7-10,13-14,27H,6,11-12,15,24,26H2,1H3. The summed E-state index contributed by atoms with van der Waals surface area (Å²) >= 11 is 6.42. The summed E-state index contributed by atoms with van der Waals surface area (Å²) in [6.45, 7) is 2.60. The topological polar surface area (TPSA) is 71.5 Å². The minimum absolute atomic E-state index is 0.685. The Bertz CT molecular complexity index is 1190. The zero-order valence-corrected chi connectivity index (χ0v) is 18.6. The number of halogens is 1. The average Bonchev–Trinajstić information content (AvgIpc) is 3.14. The molecule has 0 aliphatic carbocycles. The molecule has 158 valence electrons. The second kappa shape index (κ2) is 9.41. The highest BCUT2D eigenvalue weighted by atomic mass is 35.5. The van der Waals surface area contributed by atoms with Gasteiger partial charge in [-0.2, -0.15) is 9.61 Å². The first-order chi connectivity index (χ1) is 15.0. The number of hydrogen-bond donors (Lipinski definition) is 2. The van der Waals surface area contributed by atoms with Gasteiger partial charge in [0.25, 0.3) is 0 Å². The van der Waals surface area contributed by atoms with Gasteiger partial charge in [-0.05, 0) is 43.2 Å². The van der Waals surface area contributed by atoms with Crippen molar-refractivity contribution in [1.82, 2.24) is 19.5 Å². The van der Waals surface area contributed by atoms with Crippen LogP contribution in [-0.2, 0) is 6.54 Å². The van der Waals surface area contributed by atoms with Crippen molar-refractivity contribution in [2.75, 3.05) is 31.2 Å². The van der Waals surface area contributed by atoms with E-state index in [0.29, 0.717) is 5.02 Å². The Balaban J connectivity index is 1.45. The van der Waals surface area contributed by atoms with E-state index < -0.39 is 0 Å². The van der Waals surface area contributed by atoms with Crippen LogP contribution in [0.5, 0.6) is 0 Å². The summed E-state index contributed by atoms with van der Waals surface area (Å²) in [6, 6.07) is 17.8. The monoisotopic (exact) mass is 432 g/mol. The SMILES string of the molecule is Bc1cnn2c(NCCCN(C)Cc3ccccc3N)cc(-c3ccccc3Cl)nc12. The number of nitrogens with zero attached hydrogens (tertiary/aromatic N) is 4. The zero-order chi connectivity index (χ0) is 21.8. The van der Waals surface area contributed by atoms with Crippen LogP contribution >= 0.6 is 11.6 Å². The van der Waals surface area contributed by atoms with E-state index in [0.717, 1.165) is 65.5 Å². The van der Waals surface area contributed by atoms with Gasteiger partial charge in [0.05, 0.1) is 5.69 Å². The summed E-state index contributed by atoms with van der Waals surface area (Å²) < 4.78 is 1.85. The first kappa shape index (κ1) is 21.2. The molecular formula is C23H26BClN6. The minimum atomic E-state index is 0.685. The molecule has 2 heterocycles. The van der Waals surface area contributed by atoms with Crippen molar-refractivity contribution in [1.29, 1.82) is 0 Å². The molecule has 0 atom stereocenters. The number of hydrogen-bond acceptors (Lipinski definition) is 5. The lowest BCUT2D eigenvalue weighted by molar-refractivity contribution is 0.326. The second-order valence-corrected chi connectivity index (χ2v) is 8.19. The summed E-state index contributed by atoms with van der Waals surface area (Å²) in [5.74, 6) is 0.906. The third kappa shape index (κ3) is 4.84. The zero-order valence-electron chi connectivity index (χ0n) is 17.8. The molecule has 31 heavy (non-hydrogen) atoms. The maximum atomic E-state index is 6.42. The highest BCUT2D eigenvalue weighted by molar-refractivity contribution is 6.36. The predicted octanol–water partition coefficient (Wildman–Crippen LogP) is 2.82. The number of nitrogen functional groups attached to an aromatic ring is 1. The fraction of sp³-hybridized carbons (Fsp3) is 0.217. The number of benzene rings is 2. The van der Waals surface area contributed by atoms with Crippen LogP contribution in [0.2, 0.25) is 5.02 Å². The van der Waals surface area contributed by atoms with E-state index in [1.165, 1.54) is 0 Å². The number of nitrogens with one attached hydrogen (secondary N) is 1. The summed E-state index contributed by atoms with van der Waals surface area (Å²) in [6.07, 6.45) is 2.82. The van der Waals surface area contributed by atoms with Crippen LogP contribution in [0.4, 0.5) is 11.5 Å². The van der Waals surface area contributed by atoms with E-state index in [1.54, 1.807) is 0 Å². The third-order valence-electron chi connectivity index (χ3n) is 5.32. The minimum Gasteiger partial charge on any atom is -0.398 e. The maximum absolute atomic E-state index is 6.42. The summed E-state index contributed by atoms with van der Waals surface area (Å²) in [7, 11) is 4.13. The van der Waals surface area contributed by atoms with Gasteiger partial charge in [-0.3, -0.25) is 0 Å². The average molecular weight is 433 g/mol. The summed E-state index contributed by atoms with van der Waals surface area (Å²) in [4.78, 5) is 7.07. The molecule has 4 rings (SSSR count). The molecule has 0 fully saturated rings. The highest BCUT2D eigenvalue weighted by Gasteiger charge is 2.12. The Morgan fingerprint density at radius 1 is 1.16 bits per heavy atom. The van der Waals surface area contributed by atoms with E-state index in [9.17, 15) is 0 Å². The van der Waals surface area contributed by atoms with Crippen LogP contribution in [0.1, 0.15) is 12.0 Å². The third-order valence-corrected chi connectivity index (χ3v) is 5.65. The van der Waals surface area contributed by atoms with E-state index >= 15 is 0 Å². The lowest BCUT2D eigenvalue weighted by Crippen LogP contribution is -2.22. The van der Waals surface area contributed by atoms with Crippen molar-refractivity contribution in [3.8, 4) is 11.3 Å². The molecule has 0 unspecified atom stereocenters. The largest absolute Gasteiger partial charge is 0.398 e. The first-order valence-electron chi connectivity index (χ1n) is 10.4. The van der Waals surface area contributed by atoms with Gasteiger partial charge in [-0.15, -0.1) is 0 Å². The van der Waals surface area contributed by atoms with Gasteiger partial charge in [-0.1, -0.05) is 48.0 Å². The molecule has 3 N–H and O–H groups in total. The molecular weight excluding hydrogens is 407 g/mol. The van der Waals surface area contributed by atoms with Crippen LogP contribution in [0, 0.1) is 0 Å². The Labute approximate surface area is 188 Å². The van der Waals surface area contributed by atoms with Gasteiger partial charge >= 0.3 is 0 Å². The summed E-state index contributed by atoms with van der Waals surface area (Å²) in [5.41, 5.74) is 11.7. The number of nitrogens with two attached hydrogens (primary N) is 1. The Morgan fingerprint density at radius 3 is 2.74 bits per heavy atom. The Morgan fingerprint density at radius 2 is 1.94 bits per heavy atom. The van der Waals surface area contributed by atoms with Crippen molar-refractivity contribution in [2.45, 2.75) is 13.0 Å². The van der Waals surface area contributed by atoms with Gasteiger partial charge in [0.15, 0.2) is 5.65 Å². The molecule has 2 aromatic heterocycles. The second-order valence-electron chi connectivity index (χ2n) is 7.79. The normalized spacial score (nSPS) is 11.3. The molecule has 0 spiro atoms. The number of rotatable bonds is 8. The van der Waals surface area contributed by atoms with Crippen molar-refractivity contribution in [3.05, 3.63) is 71.4 Å². The van der Waals surface area contributed by atoms with Crippen molar-refractivity contribution < 1.29 is 0 Å². The van der Waals surface area contributed by atoms with Gasteiger partial charge in [-0.25, -0.2) is 4.98 Å². The Kier molecular flexibility index (Phi) is 6.44. The molecule has 0 amide bonds. The fourth-order valence-electron chi connectivity index (χ4n) is 3.62. The molecule has 0 aliphatic heterocycles. The van der Waals surface area contributed by atoms with Crippen molar-refractivity contribution >= 4 is 42.1 Å². The van der Waals surface area contributed by atoms with E-state index in [4.69, 9.17) is 22.3 Å². The lowest BCUT2D eigenvalue weighted by atomic mass is 10.0. The molecule has 8 heteroatoms. The molecule has 6 nitrogen and oxygen atoms in total. The number of fused-ring (bicyclic) bond motifs is 1. The van der Waals surface area contributed by atoms with E-state index in [-0.39, 0.29) is 0 Å². The molecule has 0 aliphatic rings. The van der Waals surface area contributed by atoms with Gasteiger partial charge in [0.2, 0.25) is 0 Å². The van der Waals surface area contributed by atoms with Crippen LogP contribution in [0.3, 0.4) is 0 Å². The number of aromatic nitrogens is 3. The molecule has 0 saturated heterocycles. The predicted molar refractivity (Wildman–Crippen MR) is 132 cm³/mol. The van der Waals surface area contributed by atoms with Gasteiger partial charge < -0.3 is 16.0 Å². The number of anilines is 2. The van der Waals surface area contributed by atoms with Crippen LogP contribution in [-0.4, -0.2) is 47.5 Å². The van der Waals surface area contributed by atoms with E-state index in [2.05, 4.69) is 28.4 Å². The summed E-state index contributed by atoms with van der Waals surface area (Å²) in [5, 5.41) is 8.70. The van der Waals surface area contributed by atoms with Crippen molar-refractivity contribution in [2.24, 2.45) is 0 Å². The van der Waals surface area contributed by atoms with Crippen LogP contribution < -0.4 is 16.5 Å². The molecule has 2 aromatic carbocycles. The lowest BCUT2D eigenvalue weighted by Gasteiger charge is -2.18. The Hall–Kier alpha value is -3.03. The van der Waals surface area contributed by atoms with E-state index in [1.807, 2.05) is 67.1 Å². The van der Waals surface area contributed by atoms with Crippen LogP contribution in [0.15, 0.2) is 60.8 Å². The fourth-order valence-corrected chi connectivity index (χ4v) is 3.85. The highest BCUT2D eigenvalue weighted by Crippen LogP contribution is 2.28. The van der Waals surface area contributed by atoms with Crippen molar-refractivity contribution in [3.63, 3.8) is 0 Å². The van der Waals surface area contributed by atoms with Crippen LogP contribution in [0.25, 0.3) is 16.9 Å². The molecule has 0 bridgehead atoms. The number of para-hydroxylation sites is 1. The van der Waals surface area contributed by atoms with Gasteiger partial charge in [0.1, 0.15) is 13.7 Å².